The van der Waals surface area contributed by atoms with Gasteiger partial charge in [0.05, 0.1) is 0 Å². The van der Waals surface area contributed by atoms with E-state index in [1.54, 1.807) is 0 Å². The Balaban J connectivity index is 1.99. The van der Waals surface area contributed by atoms with Crippen molar-refractivity contribution in [1.29, 1.82) is 0 Å². The van der Waals surface area contributed by atoms with Gasteiger partial charge in [-0.15, -0.1) is 0 Å². The average molecular weight is 326 g/mol. The third-order valence-electron chi connectivity index (χ3n) is 3.82. The van der Waals surface area contributed by atoms with Gasteiger partial charge in [-0.2, -0.15) is 0 Å². The van der Waals surface area contributed by atoms with Gasteiger partial charge < -0.3 is 15.5 Å². The van der Waals surface area contributed by atoms with E-state index < -0.39 is 0 Å². The Kier molecular flexibility index (Phi) is 5.67. The van der Waals surface area contributed by atoms with Gasteiger partial charge in [-0.05, 0) is 56.6 Å². The molecule has 1 heterocycles. The van der Waals surface area contributed by atoms with Crippen LogP contribution in [0.1, 0.15) is 18.4 Å². The number of likely N-dealkylation sites (tertiary alicyclic amines) is 1. The van der Waals surface area contributed by atoms with Crippen LogP contribution >= 0.6 is 15.9 Å². The van der Waals surface area contributed by atoms with Gasteiger partial charge in [0.25, 0.3) is 0 Å². The fourth-order valence-electron chi connectivity index (χ4n) is 2.68. The monoisotopic (exact) mass is 325 g/mol. The molecule has 0 radical (unpaired) electrons. The molecule has 106 valence electrons. The van der Waals surface area contributed by atoms with Crippen molar-refractivity contribution in [3.8, 4) is 0 Å². The van der Waals surface area contributed by atoms with Crippen LogP contribution in [0.3, 0.4) is 0 Å². The third-order valence-corrected chi connectivity index (χ3v) is 4.32. The first-order valence-electron chi connectivity index (χ1n) is 7.12. The van der Waals surface area contributed by atoms with Crippen LogP contribution in [0.15, 0.2) is 22.7 Å². The highest BCUT2D eigenvalue weighted by Gasteiger charge is 2.13. The quantitative estimate of drug-likeness (QED) is 0.872. The van der Waals surface area contributed by atoms with Crippen molar-refractivity contribution in [2.75, 3.05) is 44.7 Å². The molecule has 1 fully saturated rings. The summed E-state index contributed by atoms with van der Waals surface area (Å²) < 4.78 is 1.14. The van der Waals surface area contributed by atoms with Crippen molar-refractivity contribution in [3.05, 3.63) is 28.2 Å². The van der Waals surface area contributed by atoms with Crippen LogP contribution in [-0.2, 0) is 6.42 Å². The standard InChI is InChI=1S/C15H24BrN3/c1-18(10-11-19-8-2-3-9-19)15-12-14(16)5-4-13(15)6-7-17/h4-5,12H,2-3,6-11,17H2,1H3. The highest BCUT2D eigenvalue weighted by molar-refractivity contribution is 9.10. The second-order valence-corrected chi connectivity index (χ2v) is 6.20. The number of rotatable bonds is 6. The molecule has 0 atom stereocenters. The summed E-state index contributed by atoms with van der Waals surface area (Å²) in [6.45, 7) is 5.47. The Bertz CT molecular complexity index is 402. The molecule has 3 nitrogen and oxygen atoms in total. The van der Waals surface area contributed by atoms with Crippen molar-refractivity contribution < 1.29 is 0 Å². The third kappa shape index (κ3) is 4.20. The summed E-state index contributed by atoms with van der Waals surface area (Å²) >= 11 is 3.56. The van der Waals surface area contributed by atoms with E-state index in [0.29, 0.717) is 6.54 Å². The maximum absolute atomic E-state index is 5.70. The first-order chi connectivity index (χ1) is 9.20. The lowest BCUT2D eigenvalue weighted by Gasteiger charge is -2.25. The van der Waals surface area contributed by atoms with Gasteiger partial charge >= 0.3 is 0 Å². The van der Waals surface area contributed by atoms with Crippen LogP contribution < -0.4 is 10.6 Å². The van der Waals surface area contributed by atoms with Crippen LogP contribution in [-0.4, -0.2) is 44.7 Å². The van der Waals surface area contributed by atoms with Crippen LogP contribution in [0.5, 0.6) is 0 Å². The van der Waals surface area contributed by atoms with Crippen molar-refractivity contribution in [2.45, 2.75) is 19.3 Å². The van der Waals surface area contributed by atoms with Gasteiger partial charge in [0.2, 0.25) is 0 Å². The fraction of sp³-hybridized carbons (Fsp3) is 0.600. The van der Waals surface area contributed by atoms with E-state index in [0.717, 1.165) is 24.0 Å². The normalized spacial score (nSPS) is 15.9. The van der Waals surface area contributed by atoms with Crippen molar-refractivity contribution in [2.24, 2.45) is 5.73 Å². The number of anilines is 1. The van der Waals surface area contributed by atoms with E-state index in [9.17, 15) is 0 Å². The van der Waals surface area contributed by atoms with Crippen molar-refractivity contribution in [1.82, 2.24) is 4.90 Å². The number of likely N-dealkylation sites (N-methyl/N-ethyl adjacent to an activating group) is 1. The molecule has 0 aliphatic carbocycles. The number of hydrogen-bond donors (Lipinski definition) is 1. The molecule has 2 N–H and O–H groups in total. The van der Waals surface area contributed by atoms with Crippen molar-refractivity contribution >= 4 is 21.6 Å². The summed E-state index contributed by atoms with van der Waals surface area (Å²) in [5.74, 6) is 0. The van der Waals surface area contributed by atoms with E-state index in [4.69, 9.17) is 5.73 Å². The maximum atomic E-state index is 5.70. The number of nitrogens with zero attached hydrogens (tertiary/aromatic N) is 2. The van der Waals surface area contributed by atoms with Crippen LogP contribution in [0, 0.1) is 0 Å². The summed E-state index contributed by atoms with van der Waals surface area (Å²) in [7, 11) is 2.18. The zero-order valence-electron chi connectivity index (χ0n) is 11.7. The molecule has 0 amide bonds. The molecule has 1 saturated heterocycles. The van der Waals surface area contributed by atoms with Crippen LogP contribution in [0.25, 0.3) is 0 Å². The average Bonchev–Trinajstić information content (AvgIpc) is 2.91. The molecule has 0 aromatic heterocycles. The highest BCUT2D eigenvalue weighted by Crippen LogP contribution is 2.24. The second-order valence-electron chi connectivity index (χ2n) is 5.28. The zero-order valence-corrected chi connectivity index (χ0v) is 13.3. The predicted octanol–water partition coefficient (Wildman–Crippen LogP) is 2.48. The molecule has 1 aliphatic rings. The molecule has 4 heteroatoms. The van der Waals surface area contributed by atoms with Crippen LogP contribution in [0.2, 0.25) is 0 Å². The summed E-state index contributed by atoms with van der Waals surface area (Å²) in [4.78, 5) is 4.91. The fourth-order valence-corrected chi connectivity index (χ4v) is 3.03. The lowest BCUT2D eigenvalue weighted by atomic mass is 10.1. The molecular weight excluding hydrogens is 302 g/mol. The number of halogens is 1. The summed E-state index contributed by atoms with van der Waals surface area (Å²) in [6, 6.07) is 6.48. The minimum absolute atomic E-state index is 0.703. The van der Waals surface area contributed by atoms with Gasteiger partial charge in [0.1, 0.15) is 0 Å². The van der Waals surface area contributed by atoms with Gasteiger partial charge in [0, 0.05) is 30.3 Å². The topological polar surface area (TPSA) is 32.5 Å². The minimum Gasteiger partial charge on any atom is -0.373 e. The van der Waals surface area contributed by atoms with E-state index >= 15 is 0 Å². The summed E-state index contributed by atoms with van der Waals surface area (Å²) in [5.41, 5.74) is 8.35. The Morgan fingerprint density at radius 2 is 2.05 bits per heavy atom. The van der Waals surface area contributed by atoms with E-state index in [1.807, 2.05) is 0 Å². The lowest BCUT2D eigenvalue weighted by molar-refractivity contribution is 0.346. The molecule has 19 heavy (non-hydrogen) atoms. The maximum Gasteiger partial charge on any atom is 0.0408 e. The first-order valence-corrected chi connectivity index (χ1v) is 7.92. The number of nitrogens with two attached hydrogens (primary N) is 1. The number of benzene rings is 1. The Morgan fingerprint density at radius 3 is 2.74 bits per heavy atom. The van der Waals surface area contributed by atoms with E-state index in [1.165, 1.54) is 37.2 Å². The highest BCUT2D eigenvalue weighted by atomic mass is 79.9. The lowest BCUT2D eigenvalue weighted by Crippen LogP contribution is -2.32. The van der Waals surface area contributed by atoms with E-state index in [2.05, 4.69) is 51.0 Å². The number of hydrogen-bond acceptors (Lipinski definition) is 3. The zero-order chi connectivity index (χ0) is 13.7. The molecule has 2 rings (SSSR count). The second kappa shape index (κ2) is 7.27. The Morgan fingerprint density at radius 1 is 1.32 bits per heavy atom. The molecule has 1 aromatic carbocycles. The molecule has 1 aromatic rings. The molecule has 1 aliphatic heterocycles. The minimum atomic E-state index is 0.703. The van der Waals surface area contributed by atoms with Crippen LogP contribution in [0.4, 0.5) is 5.69 Å². The van der Waals surface area contributed by atoms with E-state index in [-0.39, 0.29) is 0 Å². The van der Waals surface area contributed by atoms with Gasteiger partial charge in [-0.3, -0.25) is 0 Å². The molecule has 0 saturated carbocycles. The summed E-state index contributed by atoms with van der Waals surface area (Å²) in [5, 5.41) is 0. The Labute approximate surface area is 124 Å². The smallest absolute Gasteiger partial charge is 0.0408 e. The summed E-state index contributed by atoms with van der Waals surface area (Å²) in [6.07, 6.45) is 3.66. The molecule has 0 spiro atoms. The molecular formula is C15H24BrN3. The van der Waals surface area contributed by atoms with Gasteiger partial charge in [0.15, 0.2) is 0 Å². The largest absolute Gasteiger partial charge is 0.373 e. The molecule has 0 bridgehead atoms. The predicted molar refractivity (Wildman–Crippen MR) is 85.8 cm³/mol. The van der Waals surface area contributed by atoms with Crippen molar-refractivity contribution in [3.63, 3.8) is 0 Å². The van der Waals surface area contributed by atoms with Gasteiger partial charge in [-0.1, -0.05) is 22.0 Å². The SMILES string of the molecule is CN(CCN1CCCC1)c1cc(Br)ccc1CCN. The first kappa shape index (κ1) is 14.8. The van der Waals surface area contributed by atoms with Gasteiger partial charge in [-0.25, -0.2) is 0 Å². The Hall–Kier alpha value is -0.580. The molecule has 0 unspecified atom stereocenters.